The highest BCUT2D eigenvalue weighted by molar-refractivity contribution is 6.12. The fourth-order valence-corrected chi connectivity index (χ4v) is 6.98. The van der Waals surface area contributed by atoms with Crippen molar-refractivity contribution in [2.45, 2.75) is 18.5 Å². The molecule has 0 aliphatic rings. The van der Waals surface area contributed by atoms with E-state index in [0.29, 0.717) is 21.8 Å². The Balaban J connectivity index is 1.58. The van der Waals surface area contributed by atoms with Crippen LogP contribution in [0.15, 0.2) is 121 Å². The largest absolute Gasteiger partial charge is 0.417 e. The Labute approximate surface area is 288 Å². The fourth-order valence-electron chi connectivity index (χ4n) is 6.98. The number of fused-ring (bicyclic) bond motifs is 6. The average Bonchev–Trinajstić information content (AvgIpc) is 3.62. The van der Waals surface area contributed by atoms with Gasteiger partial charge in [-0.15, -0.1) is 0 Å². The van der Waals surface area contributed by atoms with Crippen LogP contribution in [0.4, 0.5) is 39.5 Å². The van der Waals surface area contributed by atoms with E-state index in [4.69, 9.17) is 0 Å². The summed E-state index contributed by atoms with van der Waals surface area (Å²) in [5.41, 5.74) is -2.06. The molecule has 0 aliphatic carbocycles. The molecule has 0 radical (unpaired) electrons. The van der Waals surface area contributed by atoms with Crippen molar-refractivity contribution in [1.29, 1.82) is 5.26 Å². The van der Waals surface area contributed by atoms with E-state index >= 15 is 13.2 Å². The fraction of sp³-hybridized carbons (Fsp3) is 0.0750. The van der Waals surface area contributed by atoms with Crippen molar-refractivity contribution < 1.29 is 39.5 Å². The van der Waals surface area contributed by atoms with E-state index in [2.05, 4.69) is 0 Å². The molecule has 258 valence electrons. The molecule has 3 nitrogen and oxygen atoms in total. The number of benzene rings is 6. The lowest BCUT2D eigenvalue weighted by Crippen LogP contribution is -2.12. The SMILES string of the molecule is N#Cc1cccc(-c2cc(-n3c4ccccc4c4cc(C(F)(F)F)ccc43)c(-n3c4ccccc4c4cc(C(F)(F)F)ccc43)cc2C(F)(F)F)c1. The van der Waals surface area contributed by atoms with Gasteiger partial charge in [0, 0.05) is 21.5 Å². The quantitative estimate of drug-likeness (QED) is 0.168. The van der Waals surface area contributed by atoms with Crippen molar-refractivity contribution in [2.24, 2.45) is 0 Å². The van der Waals surface area contributed by atoms with Gasteiger partial charge in [-0.05, 0) is 83.9 Å². The van der Waals surface area contributed by atoms with E-state index in [9.17, 15) is 31.6 Å². The zero-order valence-corrected chi connectivity index (χ0v) is 26.3. The normalized spacial score (nSPS) is 12.7. The summed E-state index contributed by atoms with van der Waals surface area (Å²) in [4.78, 5) is 0. The lowest BCUT2D eigenvalue weighted by molar-refractivity contribution is -0.138. The minimum absolute atomic E-state index is 0.0522. The van der Waals surface area contributed by atoms with Crippen LogP contribution in [0.1, 0.15) is 22.3 Å². The van der Waals surface area contributed by atoms with E-state index in [-0.39, 0.29) is 49.9 Å². The monoisotopic (exact) mass is 713 g/mol. The second kappa shape index (κ2) is 11.4. The summed E-state index contributed by atoms with van der Waals surface area (Å²) in [6.07, 6.45) is -14.4. The molecule has 12 heteroatoms. The predicted octanol–water partition coefficient (Wildman–Crippen LogP) is 12.5. The molecule has 0 saturated carbocycles. The summed E-state index contributed by atoms with van der Waals surface area (Å²) in [5, 5.41) is 10.6. The number of aromatic nitrogens is 2. The van der Waals surface area contributed by atoms with Gasteiger partial charge in [0.15, 0.2) is 0 Å². The highest BCUT2D eigenvalue weighted by Crippen LogP contribution is 2.46. The number of hydrogen-bond donors (Lipinski definition) is 0. The average molecular weight is 714 g/mol. The Kier molecular flexibility index (Phi) is 7.22. The topological polar surface area (TPSA) is 33.6 Å². The second-order valence-electron chi connectivity index (χ2n) is 12.2. The first kappa shape index (κ1) is 33.0. The predicted molar refractivity (Wildman–Crippen MR) is 180 cm³/mol. The van der Waals surface area contributed by atoms with Crippen LogP contribution in [0, 0.1) is 11.3 Å². The third-order valence-corrected chi connectivity index (χ3v) is 9.20. The van der Waals surface area contributed by atoms with Gasteiger partial charge in [-0.2, -0.15) is 44.8 Å². The number of nitrogens with zero attached hydrogens (tertiary/aromatic N) is 3. The van der Waals surface area contributed by atoms with Crippen LogP contribution >= 0.6 is 0 Å². The standard InChI is InChI=1S/C40H20F9N3/c41-38(42,43)24-12-14-34-29(17-24)26-8-1-3-10-32(26)51(34)36-19-28(23-7-5-6-22(16-23)21-50)31(40(47,48)49)20-37(36)52-33-11-4-2-9-27(33)30-18-25(39(44,45)46)13-15-35(30)52/h1-20H. The molecule has 0 unspecified atom stereocenters. The molecule has 0 amide bonds. The van der Waals surface area contributed by atoms with Crippen molar-refractivity contribution in [3.63, 3.8) is 0 Å². The van der Waals surface area contributed by atoms with Crippen molar-refractivity contribution in [1.82, 2.24) is 9.13 Å². The molecule has 0 N–H and O–H groups in total. The van der Waals surface area contributed by atoms with Crippen molar-refractivity contribution in [3.8, 4) is 28.6 Å². The van der Waals surface area contributed by atoms with E-state index in [0.717, 1.165) is 30.3 Å². The summed E-state index contributed by atoms with van der Waals surface area (Å²) in [6.45, 7) is 0. The minimum Gasteiger partial charge on any atom is -0.307 e. The first-order chi connectivity index (χ1) is 24.6. The summed E-state index contributed by atoms with van der Waals surface area (Å²) in [6, 6.07) is 28.6. The molecule has 2 heterocycles. The second-order valence-corrected chi connectivity index (χ2v) is 12.2. The highest BCUT2D eigenvalue weighted by Gasteiger charge is 2.37. The van der Waals surface area contributed by atoms with E-state index in [1.165, 1.54) is 47.0 Å². The zero-order valence-electron chi connectivity index (χ0n) is 26.3. The maximum Gasteiger partial charge on any atom is 0.417 e. The Hall–Kier alpha value is -6.22. The Morgan fingerprint density at radius 3 is 1.40 bits per heavy atom. The summed E-state index contributed by atoms with van der Waals surface area (Å²) in [5.74, 6) is 0. The molecule has 6 aromatic carbocycles. The molecule has 8 aromatic rings. The molecule has 52 heavy (non-hydrogen) atoms. The van der Waals surface area contributed by atoms with Gasteiger partial charge in [0.1, 0.15) is 0 Å². The van der Waals surface area contributed by atoms with Gasteiger partial charge in [0.25, 0.3) is 0 Å². The third kappa shape index (κ3) is 5.23. The molecule has 0 spiro atoms. The van der Waals surface area contributed by atoms with Crippen molar-refractivity contribution in [2.75, 3.05) is 0 Å². The van der Waals surface area contributed by atoms with Crippen LogP contribution in [-0.2, 0) is 18.5 Å². The first-order valence-electron chi connectivity index (χ1n) is 15.6. The molecular weight excluding hydrogens is 693 g/mol. The maximum absolute atomic E-state index is 15.2. The molecule has 0 aliphatic heterocycles. The van der Waals surface area contributed by atoms with Crippen molar-refractivity contribution in [3.05, 3.63) is 144 Å². The molecule has 8 rings (SSSR count). The van der Waals surface area contributed by atoms with Crippen LogP contribution in [0.5, 0.6) is 0 Å². The number of halogens is 9. The maximum atomic E-state index is 15.2. The number of rotatable bonds is 3. The van der Waals surface area contributed by atoms with Crippen molar-refractivity contribution >= 4 is 43.6 Å². The van der Waals surface area contributed by atoms with Gasteiger partial charge in [0.05, 0.1) is 61.8 Å². The molecule has 0 atom stereocenters. The Bertz CT molecular complexity index is 2770. The van der Waals surface area contributed by atoms with Gasteiger partial charge in [0.2, 0.25) is 0 Å². The molecule has 0 saturated heterocycles. The van der Waals surface area contributed by atoms with Gasteiger partial charge in [-0.25, -0.2) is 0 Å². The molecule has 2 aromatic heterocycles. The van der Waals surface area contributed by atoms with Crippen LogP contribution in [0.25, 0.3) is 66.1 Å². The van der Waals surface area contributed by atoms with E-state index < -0.39 is 35.2 Å². The lowest BCUT2D eigenvalue weighted by Gasteiger charge is -2.22. The summed E-state index contributed by atoms with van der Waals surface area (Å²) >= 11 is 0. The van der Waals surface area contributed by atoms with Crippen LogP contribution in [0.2, 0.25) is 0 Å². The lowest BCUT2D eigenvalue weighted by atomic mass is 9.95. The van der Waals surface area contributed by atoms with Crippen LogP contribution in [0.3, 0.4) is 0 Å². The minimum atomic E-state index is -4.96. The summed E-state index contributed by atoms with van der Waals surface area (Å²) in [7, 11) is 0. The summed E-state index contributed by atoms with van der Waals surface area (Å²) < 4.78 is 132. The molecular formula is C40H20F9N3. The number of alkyl halides is 9. The Morgan fingerprint density at radius 1 is 0.442 bits per heavy atom. The number of hydrogen-bond acceptors (Lipinski definition) is 1. The zero-order chi connectivity index (χ0) is 36.7. The molecule has 0 fully saturated rings. The van der Waals surface area contributed by atoms with Gasteiger partial charge < -0.3 is 9.13 Å². The van der Waals surface area contributed by atoms with Gasteiger partial charge >= 0.3 is 18.5 Å². The third-order valence-electron chi connectivity index (χ3n) is 9.20. The smallest absolute Gasteiger partial charge is 0.307 e. The van der Waals surface area contributed by atoms with E-state index in [1.54, 1.807) is 53.1 Å². The van der Waals surface area contributed by atoms with Crippen LogP contribution < -0.4 is 0 Å². The Morgan fingerprint density at radius 2 is 0.923 bits per heavy atom. The van der Waals surface area contributed by atoms with Crippen LogP contribution in [-0.4, -0.2) is 9.13 Å². The van der Waals surface area contributed by atoms with Gasteiger partial charge in [-0.3, -0.25) is 0 Å². The number of nitriles is 1. The van der Waals surface area contributed by atoms with Gasteiger partial charge in [-0.1, -0.05) is 48.5 Å². The number of para-hydroxylation sites is 2. The van der Waals surface area contributed by atoms with E-state index in [1.807, 2.05) is 6.07 Å². The highest BCUT2D eigenvalue weighted by atomic mass is 19.4. The molecule has 0 bridgehead atoms. The first-order valence-corrected chi connectivity index (χ1v) is 15.6.